The third-order valence-electron chi connectivity index (χ3n) is 0. The van der Waals surface area contributed by atoms with E-state index in [0.29, 0.717) is 0 Å². The van der Waals surface area contributed by atoms with Crippen molar-refractivity contribution in [2.24, 2.45) is 0 Å². The SMILES string of the molecule is Br.OB(O)O.[Ba+2].[H-].[H-].[PbH2]. The predicted molar refractivity (Wildman–Crippen MR) is 39.3 cm³/mol. The standard InChI is InChI=1S/BH3O3.Ba.BrH.Pb.4H/c2-1(3)4;;;;;;;/h2-4H;;1H;;;;;/q;+2;;;;;2*-1. The van der Waals surface area contributed by atoms with Crippen molar-refractivity contribution in [3.8, 4) is 0 Å². The van der Waals surface area contributed by atoms with Crippen LogP contribution in [0.4, 0.5) is 0 Å². The first-order valence-electron chi connectivity index (χ1n) is 0.775. The molecule has 0 unspecified atom stereocenters. The maximum atomic E-state index is 7.17. The van der Waals surface area contributed by atoms with Crippen LogP contribution < -0.4 is 0 Å². The van der Waals surface area contributed by atoms with Gasteiger partial charge in [-0.3, -0.25) is 0 Å². The molecule has 0 heterocycles. The summed E-state index contributed by atoms with van der Waals surface area (Å²) < 4.78 is 0. The summed E-state index contributed by atoms with van der Waals surface area (Å²) in [5, 5.41) is 21.5. The quantitative estimate of drug-likeness (QED) is 0.328. The molecule has 0 atom stereocenters. The van der Waals surface area contributed by atoms with Gasteiger partial charge in [0.25, 0.3) is 0 Å². The van der Waals surface area contributed by atoms with E-state index in [0.717, 1.165) is 0 Å². The first-order valence-corrected chi connectivity index (χ1v) is 0.775. The zero-order chi connectivity index (χ0) is 3.58. The summed E-state index contributed by atoms with van der Waals surface area (Å²) in [6.45, 7) is 0. The van der Waals surface area contributed by atoms with E-state index in [2.05, 4.69) is 0 Å². The Bertz CT molecular complexity index is 26.5. The zero-order valence-corrected chi connectivity index (χ0v) is 15.4. The summed E-state index contributed by atoms with van der Waals surface area (Å²) in [4.78, 5) is 0. The molecule has 3 N–H and O–H groups in total. The van der Waals surface area contributed by atoms with Gasteiger partial charge in [0.05, 0.1) is 0 Å². The van der Waals surface area contributed by atoms with Crippen LogP contribution in [-0.4, -0.2) is 98.6 Å². The van der Waals surface area contributed by atoms with Crippen LogP contribution in [-0.2, 0) is 0 Å². The van der Waals surface area contributed by atoms with Crippen molar-refractivity contribution < 1.29 is 17.9 Å². The van der Waals surface area contributed by atoms with Crippen molar-refractivity contribution >= 4 is 100 Å². The van der Waals surface area contributed by atoms with Crippen molar-refractivity contribution in [3.05, 3.63) is 0 Å². The first kappa shape index (κ1) is 22.5. The van der Waals surface area contributed by atoms with E-state index in [1.54, 1.807) is 0 Å². The van der Waals surface area contributed by atoms with Gasteiger partial charge in [-0.05, 0) is 0 Å². The summed E-state index contributed by atoms with van der Waals surface area (Å²) >= 11 is 0. The van der Waals surface area contributed by atoms with Gasteiger partial charge >= 0.3 is 83.5 Å². The van der Waals surface area contributed by atoms with E-state index in [-0.39, 0.29) is 96.0 Å². The van der Waals surface area contributed by atoms with Crippen molar-refractivity contribution in [3.63, 3.8) is 0 Å². The fourth-order valence-electron chi connectivity index (χ4n) is 0. The van der Waals surface area contributed by atoms with Gasteiger partial charge in [-0.25, -0.2) is 0 Å². The fourth-order valence-corrected chi connectivity index (χ4v) is 0. The summed E-state index contributed by atoms with van der Waals surface area (Å²) in [7, 11) is -2.17. The van der Waals surface area contributed by atoms with E-state index < -0.39 is 7.32 Å². The van der Waals surface area contributed by atoms with Crippen LogP contribution in [0.15, 0.2) is 0 Å². The van der Waals surface area contributed by atoms with Crippen LogP contribution in [0.25, 0.3) is 0 Å². The number of halogens is 1. The van der Waals surface area contributed by atoms with Crippen molar-refractivity contribution in [1.82, 2.24) is 0 Å². The molecule has 0 rings (SSSR count). The second-order valence-electron chi connectivity index (χ2n) is 0.346. The van der Waals surface area contributed by atoms with E-state index in [9.17, 15) is 0 Å². The van der Waals surface area contributed by atoms with Crippen LogP contribution >= 0.6 is 17.0 Å². The van der Waals surface area contributed by atoms with E-state index in [4.69, 9.17) is 15.1 Å². The van der Waals surface area contributed by atoms with Crippen LogP contribution in [0.3, 0.4) is 0 Å². The van der Waals surface area contributed by atoms with E-state index in [1.807, 2.05) is 0 Å². The number of hydrogen-bond donors (Lipinski definition) is 3. The molecule has 0 fully saturated rings. The van der Waals surface area contributed by atoms with Crippen LogP contribution in [0.1, 0.15) is 2.85 Å². The van der Waals surface area contributed by atoms with Crippen molar-refractivity contribution in [2.45, 2.75) is 0 Å². The average Bonchev–Trinajstić information content (AvgIpc) is 0.811. The Morgan fingerprint density at radius 2 is 1.14 bits per heavy atom. The van der Waals surface area contributed by atoms with Gasteiger partial charge in [0.15, 0.2) is 0 Å². The molecule has 0 bridgehead atoms. The molecule has 7 heavy (non-hydrogen) atoms. The number of rotatable bonds is 0. The zero-order valence-electron chi connectivity index (χ0n) is 5.74. The second kappa shape index (κ2) is 16.0. The Morgan fingerprint density at radius 3 is 1.14 bits per heavy atom. The minimum atomic E-state index is -2.17. The van der Waals surface area contributed by atoms with Gasteiger partial charge in [-0.1, -0.05) is 0 Å². The molecule has 0 aliphatic rings. The molecule has 0 aliphatic heterocycles. The summed E-state index contributed by atoms with van der Waals surface area (Å²) in [6.07, 6.45) is 0. The molecule has 2 radical (unpaired) electrons. The average molecular weight is 491 g/mol. The van der Waals surface area contributed by atoms with Crippen molar-refractivity contribution in [2.75, 3.05) is 0 Å². The van der Waals surface area contributed by atoms with Gasteiger partial charge in [-0.15, -0.1) is 17.0 Å². The number of hydrogen-bond acceptors (Lipinski definition) is 3. The molecule has 42 valence electrons. The van der Waals surface area contributed by atoms with E-state index in [1.165, 1.54) is 0 Å². The van der Waals surface area contributed by atoms with Gasteiger partial charge in [0.2, 0.25) is 0 Å². The summed E-state index contributed by atoms with van der Waals surface area (Å²) in [6, 6.07) is 0. The Labute approximate surface area is 116 Å². The molecule has 0 saturated carbocycles. The Balaban J connectivity index is -0.00000000450. The molecular formula is H8BBaBrO3Pb. The van der Waals surface area contributed by atoms with Crippen molar-refractivity contribution in [1.29, 1.82) is 0 Å². The van der Waals surface area contributed by atoms with Gasteiger partial charge in [-0.2, -0.15) is 0 Å². The Hall–Kier alpha value is 2.92. The third kappa shape index (κ3) is 50.1. The second-order valence-corrected chi connectivity index (χ2v) is 0.346. The van der Waals surface area contributed by atoms with E-state index >= 15 is 0 Å². The molecule has 0 aromatic heterocycles. The fraction of sp³-hybridized carbons (Fsp3) is 0. The molecule has 0 saturated heterocycles. The Morgan fingerprint density at radius 1 is 1.14 bits per heavy atom. The minimum absolute atomic E-state index is 0. The normalized spacial score (nSPS) is 3.86. The predicted octanol–water partition coefficient (Wildman–Crippen LogP) is -2.55. The van der Waals surface area contributed by atoms with Crippen LogP contribution in [0.5, 0.6) is 0 Å². The Kier molecular flexibility index (Phi) is 51.4. The molecule has 0 aromatic rings. The molecule has 3 nitrogen and oxygen atoms in total. The topological polar surface area (TPSA) is 60.7 Å². The monoisotopic (exact) mass is 492 g/mol. The molecule has 0 aromatic carbocycles. The van der Waals surface area contributed by atoms with Crippen LogP contribution in [0.2, 0.25) is 0 Å². The molecule has 7 heteroatoms. The molecule has 0 spiro atoms. The summed E-state index contributed by atoms with van der Waals surface area (Å²) in [5.74, 6) is 0. The van der Waals surface area contributed by atoms with Gasteiger partial charge in [0.1, 0.15) is 0 Å². The molecule has 0 aliphatic carbocycles. The van der Waals surface area contributed by atoms with Gasteiger partial charge < -0.3 is 17.9 Å². The third-order valence-corrected chi connectivity index (χ3v) is 0. The van der Waals surface area contributed by atoms with Crippen LogP contribution in [0, 0.1) is 0 Å². The first-order chi connectivity index (χ1) is 1.73. The summed E-state index contributed by atoms with van der Waals surface area (Å²) in [5.41, 5.74) is 0. The molecule has 0 amide bonds. The van der Waals surface area contributed by atoms with Gasteiger partial charge in [0, 0.05) is 0 Å². The molecular weight excluding hydrogens is 483 g/mol. The maximum absolute atomic E-state index is 7.17.